The molecule has 3 aromatic rings. The monoisotopic (exact) mass is 453 g/mol. The molecule has 1 atom stereocenters. The first-order valence-electron chi connectivity index (χ1n) is 11.2. The molecule has 0 spiro atoms. The Bertz CT molecular complexity index is 1130. The summed E-state index contributed by atoms with van der Waals surface area (Å²) in [4.78, 5) is 20.6. The molecule has 1 saturated heterocycles. The maximum Gasteiger partial charge on any atom is 0.252 e. The first-order valence-corrected chi connectivity index (χ1v) is 11.6. The highest BCUT2D eigenvalue weighted by Gasteiger charge is 2.29. The van der Waals surface area contributed by atoms with E-state index in [2.05, 4.69) is 15.3 Å². The molecule has 0 bridgehead atoms. The molecular formula is C24H28ClN5O2. The van der Waals surface area contributed by atoms with Crippen LogP contribution in [0.2, 0.25) is 5.02 Å². The highest BCUT2D eigenvalue weighted by molar-refractivity contribution is 6.30. The van der Waals surface area contributed by atoms with Gasteiger partial charge in [0, 0.05) is 43.3 Å². The Morgan fingerprint density at radius 2 is 1.97 bits per heavy atom. The van der Waals surface area contributed by atoms with E-state index in [1.54, 1.807) is 4.68 Å². The molecule has 1 aliphatic heterocycles. The average molecular weight is 454 g/mol. The van der Waals surface area contributed by atoms with Crippen LogP contribution in [0.5, 0.6) is 0 Å². The molecule has 8 heteroatoms. The lowest BCUT2D eigenvalue weighted by molar-refractivity contribution is 0.0162. The lowest BCUT2D eigenvalue weighted by atomic mass is 10.0. The van der Waals surface area contributed by atoms with Crippen molar-refractivity contribution in [1.29, 1.82) is 0 Å². The average Bonchev–Trinajstić information content (AvgIpc) is 3.61. The predicted molar refractivity (Wildman–Crippen MR) is 124 cm³/mol. The summed E-state index contributed by atoms with van der Waals surface area (Å²) in [6.07, 6.45) is 2.26. The first kappa shape index (κ1) is 21.4. The number of morpholine rings is 1. The number of hydrogen-bond donors (Lipinski definition) is 1. The minimum atomic E-state index is -0.0809. The van der Waals surface area contributed by atoms with Gasteiger partial charge in [0.15, 0.2) is 5.65 Å². The second-order valence-electron chi connectivity index (χ2n) is 8.70. The maximum absolute atomic E-state index is 13.4. The van der Waals surface area contributed by atoms with E-state index in [-0.39, 0.29) is 11.9 Å². The molecule has 1 amide bonds. The van der Waals surface area contributed by atoms with Gasteiger partial charge in [0.25, 0.3) is 5.91 Å². The number of aryl methyl sites for hydroxylation is 2. The molecule has 2 aromatic heterocycles. The van der Waals surface area contributed by atoms with E-state index in [1.165, 1.54) is 0 Å². The van der Waals surface area contributed by atoms with Crippen LogP contribution in [0.3, 0.4) is 0 Å². The molecule has 1 saturated carbocycles. The minimum absolute atomic E-state index is 0.0512. The molecule has 7 nitrogen and oxygen atoms in total. The molecule has 2 fully saturated rings. The van der Waals surface area contributed by atoms with Crippen molar-refractivity contribution in [3.05, 3.63) is 57.9 Å². The molecule has 2 aliphatic rings. The van der Waals surface area contributed by atoms with Gasteiger partial charge in [0.05, 0.1) is 35.9 Å². The number of nitrogens with zero attached hydrogens (tertiary/aromatic N) is 4. The molecule has 5 rings (SSSR count). The van der Waals surface area contributed by atoms with Crippen LogP contribution in [-0.2, 0) is 11.8 Å². The van der Waals surface area contributed by atoms with Crippen molar-refractivity contribution in [3.63, 3.8) is 0 Å². The Balaban J connectivity index is 1.43. The van der Waals surface area contributed by atoms with Crippen molar-refractivity contribution in [2.24, 2.45) is 7.05 Å². The van der Waals surface area contributed by atoms with E-state index < -0.39 is 0 Å². The van der Waals surface area contributed by atoms with Gasteiger partial charge >= 0.3 is 0 Å². The predicted octanol–water partition coefficient (Wildman–Crippen LogP) is 3.61. The topological polar surface area (TPSA) is 72.3 Å². The van der Waals surface area contributed by atoms with Gasteiger partial charge in [-0.15, -0.1) is 0 Å². The highest BCUT2D eigenvalue weighted by Crippen LogP contribution is 2.40. The summed E-state index contributed by atoms with van der Waals surface area (Å²) in [6, 6.07) is 9.90. The summed E-state index contributed by atoms with van der Waals surface area (Å²) in [5, 5.41) is 9.27. The molecular weight excluding hydrogens is 426 g/mol. The molecule has 3 heterocycles. The summed E-state index contributed by atoms with van der Waals surface area (Å²) in [6.45, 7) is 5.49. The fraction of sp³-hybridized carbons (Fsp3) is 0.458. The second-order valence-corrected chi connectivity index (χ2v) is 9.14. The third-order valence-corrected chi connectivity index (χ3v) is 6.68. The number of carbonyl (C=O) groups excluding carboxylic acids is 1. The van der Waals surface area contributed by atoms with E-state index in [4.69, 9.17) is 21.3 Å². The third kappa shape index (κ3) is 4.25. The van der Waals surface area contributed by atoms with Gasteiger partial charge in [-0.2, -0.15) is 5.10 Å². The second kappa shape index (κ2) is 8.81. The van der Waals surface area contributed by atoms with E-state index in [9.17, 15) is 4.79 Å². The largest absolute Gasteiger partial charge is 0.379 e. The minimum Gasteiger partial charge on any atom is -0.379 e. The number of fused-ring (bicyclic) bond motifs is 1. The highest BCUT2D eigenvalue weighted by atomic mass is 35.5. The van der Waals surface area contributed by atoms with Gasteiger partial charge in [-0.3, -0.25) is 14.4 Å². The number of carbonyl (C=O) groups is 1. The van der Waals surface area contributed by atoms with E-state index in [1.807, 2.05) is 44.3 Å². The van der Waals surface area contributed by atoms with Crippen molar-refractivity contribution in [2.45, 2.75) is 31.7 Å². The van der Waals surface area contributed by atoms with Crippen LogP contribution in [-0.4, -0.2) is 58.4 Å². The first-order chi connectivity index (χ1) is 15.5. The molecule has 1 N–H and O–H groups in total. The van der Waals surface area contributed by atoms with Crippen LogP contribution >= 0.6 is 11.6 Å². The lowest BCUT2D eigenvalue weighted by Gasteiger charge is -2.35. The molecule has 1 aromatic carbocycles. The number of ether oxygens (including phenoxy) is 1. The SMILES string of the molecule is Cc1nn(C)c2nc(C3CC3)cc(C(=O)NCC(c3ccc(Cl)cc3)N3CCOCC3)c12. The lowest BCUT2D eigenvalue weighted by Crippen LogP contribution is -2.43. The van der Waals surface area contributed by atoms with Gasteiger partial charge < -0.3 is 10.1 Å². The molecule has 168 valence electrons. The molecule has 32 heavy (non-hydrogen) atoms. The number of benzene rings is 1. The number of amides is 1. The number of halogens is 1. The Kier molecular flexibility index (Phi) is 5.88. The van der Waals surface area contributed by atoms with Crippen LogP contribution in [0.25, 0.3) is 11.0 Å². The van der Waals surface area contributed by atoms with E-state index in [0.717, 1.165) is 53.9 Å². The Hall–Kier alpha value is -2.48. The van der Waals surface area contributed by atoms with E-state index >= 15 is 0 Å². The third-order valence-electron chi connectivity index (χ3n) is 6.43. The Morgan fingerprint density at radius 3 is 2.66 bits per heavy atom. The summed E-state index contributed by atoms with van der Waals surface area (Å²) in [5.74, 6) is 0.374. The van der Waals surface area contributed by atoms with Crippen LogP contribution in [0.4, 0.5) is 0 Å². The molecule has 1 aliphatic carbocycles. The fourth-order valence-electron chi connectivity index (χ4n) is 4.55. The van der Waals surface area contributed by atoms with Crippen LogP contribution in [0.15, 0.2) is 30.3 Å². The van der Waals surface area contributed by atoms with Gasteiger partial charge in [-0.25, -0.2) is 4.98 Å². The van der Waals surface area contributed by atoms with Crippen molar-refractivity contribution in [3.8, 4) is 0 Å². The van der Waals surface area contributed by atoms with Crippen LogP contribution in [0, 0.1) is 6.92 Å². The van der Waals surface area contributed by atoms with Gasteiger partial charge in [-0.05, 0) is 43.5 Å². The summed E-state index contributed by atoms with van der Waals surface area (Å²) >= 11 is 6.11. The molecule has 0 radical (unpaired) electrons. The van der Waals surface area contributed by atoms with Gasteiger partial charge in [0.1, 0.15) is 0 Å². The number of nitrogens with one attached hydrogen (secondary N) is 1. The zero-order chi connectivity index (χ0) is 22.2. The standard InChI is InChI=1S/C24H28ClN5O2/c1-15-22-19(13-20(16-3-4-16)27-23(22)29(2)28-15)24(31)26-14-21(30-9-11-32-12-10-30)17-5-7-18(25)8-6-17/h5-8,13,16,21H,3-4,9-12,14H2,1-2H3,(H,26,31). The fourth-order valence-corrected chi connectivity index (χ4v) is 4.67. The molecule has 1 unspecified atom stereocenters. The van der Waals surface area contributed by atoms with Crippen molar-refractivity contribution in [1.82, 2.24) is 25.0 Å². The normalized spacial score (nSPS) is 18.1. The summed E-state index contributed by atoms with van der Waals surface area (Å²) in [7, 11) is 1.88. The Morgan fingerprint density at radius 1 is 1.25 bits per heavy atom. The number of pyridine rings is 1. The number of hydrogen-bond acceptors (Lipinski definition) is 5. The number of rotatable bonds is 6. The maximum atomic E-state index is 13.4. The van der Waals surface area contributed by atoms with Gasteiger partial charge in [0.2, 0.25) is 0 Å². The zero-order valence-electron chi connectivity index (χ0n) is 18.5. The quantitative estimate of drug-likeness (QED) is 0.617. The summed E-state index contributed by atoms with van der Waals surface area (Å²) in [5.41, 5.74) is 4.39. The van der Waals surface area contributed by atoms with Gasteiger partial charge in [-0.1, -0.05) is 23.7 Å². The van der Waals surface area contributed by atoms with Crippen LogP contribution in [0.1, 0.15) is 52.1 Å². The Labute approximate surface area is 192 Å². The van der Waals surface area contributed by atoms with Crippen molar-refractivity contribution >= 4 is 28.5 Å². The number of aromatic nitrogens is 3. The van der Waals surface area contributed by atoms with Crippen molar-refractivity contribution < 1.29 is 9.53 Å². The van der Waals surface area contributed by atoms with Crippen LogP contribution < -0.4 is 5.32 Å². The van der Waals surface area contributed by atoms with E-state index in [0.29, 0.717) is 36.3 Å². The van der Waals surface area contributed by atoms with Crippen molar-refractivity contribution in [2.75, 3.05) is 32.8 Å². The smallest absolute Gasteiger partial charge is 0.252 e. The summed E-state index contributed by atoms with van der Waals surface area (Å²) < 4.78 is 7.31. The zero-order valence-corrected chi connectivity index (χ0v) is 19.2.